The van der Waals surface area contributed by atoms with Crippen molar-refractivity contribution < 1.29 is 9.53 Å². The molecule has 1 aromatic heterocycles. The summed E-state index contributed by atoms with van der Waals surface area (Å²) in [6, 6.07) is 8.77. The standard InChI is InChI=1S/C19H22N2O3/c1-4-14-10-13(11-16(22)20-14)18(23)21-15-7-5-6-12-8-9-19(2,3)24-17(12)15/h5-7,10-11H,4,8-9H2,1-3H3,(H,20,22)(H,21,23). The molecule has 0 bridgehead atoms. The second kappa shape index (κ2) is 6.15. The summed E-state index contributed by atoms with van der Waals surface area (Å²) in [6.07, 6.45) is 2.51. The van der Waals surface area contributed by atoms with Crippen LogP contribution >= 0.6 is 0 Å². The average molecular weight is 326 g/mol. The van der Waals surface area contributed by atoms with E-state index in [2.05, 4.69) is 10.3 Å². The van der Waals surface area contributed by atoms with Crippen LogP contribution in [0.3, 0.4) is 0 Å². The summed E-state index contributed by atoms with van der Waals surface area (Å²) in [5.74, 6) is 0.416. The van der Waals surface area contributed by atoms with Gasteiger partial charge in [-0.3, -0.25) is 9.59 Å². The average Bonchev–Trinajstić information content (AvgIpc) is 2.54. The zero-order chi connectivity index (χ0) is 17.3. The van der Waals surface area contributed by atoms with Gasteiger partial charge in [0.1, 0.15) is 11.4 Å². The number of aryl methyl sites for hydroxylation is 2. The van der Waals surface area contributed by atoms with Crippen molar-refractivity contribution in [3.8, 4) is 5.75 Å². The van der Waals surface area contributed by atoms with Crippen LogP contribution in [0, 0.1) is 0 Å². The lowest BCUT2D eigenvalue weighted by Crippen LogP contribution is -2.33. The van der Waals surface area contributed by atoms with Gasteiger partial charge in [0.05, 0.1) is 5.69 Å². The number of para-hydroxylation sites is 1. The van der Waals surface area contributed by atoms with Crippen LogP contribution in [-0.2, 0) is 12.8 Å². The molecule has 3 rings (SSSR count). The summed E-state index contributed by atoms with van der Waals surface area (Å²) < 4.78 is 6.07. The Hall–Kier alpha value is -2.56. The Morgan fingerprint density at radius 2 is 2.12 bits per heavy atom. The van der Waals surface area contributed by atoms with Gasteiger partial charge in [-0.15, -0.1) is 0 Å². The molecule has 0 spiro atoms. The smallest absolute Gasteiger partial charge is 0.256 e. The molecule has 0 saturated heterocycles. The van der Waals surface area contributed by atoms with Crippen molar-refractivity contribution in [1.29, 1.82) is 0 Å². The summed E-state index contributed by atoms with van der Waals surface area (Å²) in [7, 11) is 0. The highest BCUT2D eigenvalue weighted by Crippen LogP contribution is 2.38. The minimum atomic E-state index is -0.309. The molecule has 1 aliphatic heterocycles. The summed E-state index contributed by atoms with van der Waals surface area (Å²) >= 11 is 0. The first-order valence-electron chi connectivity index (χ1n) is 8.23. The van der Waals surface area contributed by atoms with E-state index in [0.29, 0.717) is 17.7 Å². The predicted octanol–water partition coefficient (Wildman–Crippen LogP) is 3.29. The monoisotopic (exact) mass is 326 g/mol. The van der Waals surface area contributed by atoms with E-state index in [1.54, 1.807) is 6.07 Å². The Morgan fingerprint density at radius 3 is 2.88 bits per heavy atom. The van der Waals surface area contributed by atoms with Gasteiger partial charge in [0.25, 0.3) is 5.91 Å². The Kier molecular flexibility index (Phi) is 4.18. The third kappa shape index (κ3) is 3.35. The fourth-order valence-electron chi connectivity index (χ4n) is 2.88. The third-order valence-corrected chi connectivity index (χ3v) is 4.26. The molecule has 0 fully saturated rings. The fourth-order valence-corrected chi connectivity index (χ4v) is 2.88. The number of aromatic amines is 1. The van der Waals surface area contributed by atoms with Crippen LogP contribution in [0.15, 0.2) is 35.1 Å². The van der Waals surface area contributed by atoms with Crippen molar-refractivity contribution >= 4 is 11.6 Å². The molecule has 1 aliphatic rings. The maximum Gasteiger partial charge on any atom is 0.256 e. The van der Waals surface area contributed by atoms with Crippen LogP contribution in [0.5, 0.6) is 5.75 Å². The van der Waals surface area contributed by atoms with E-state index in [9.17, 15) is 9.59 Å². The largest absolute Gasteiger partial charge is 0.485 e. The minimum Gasteiger partial charge on any atom is -0.485 e. The van der Waals surface area contributed by atoms with Crippen molar-refractivity contribution in [3.05, 3.63) is 57.5 Å². The number of hydrogen-bond donors (Lipinski definition) is 2. The lowest BCUT2D eigenvalue weighted by atomic mass is 9.94. The Morgan fingerprint density at radius 1 is 1.33 bits per heavy atom. The van der Waals surface area contributed by atoms with E-state index in [1.165, 1.54) is 6.07 Å². The lowest BCUT2D eigenvalue weighted by molar-refractivity contribution is 0.0850. The molecule has 2 N–H and O–H groups in total. The van der Waals surface area contributed by atoms with Crippen LogP contribution in [0.4, 0.5) is 5.69 Å². The van der Waals surface area contributed by atoms with E-state index in [4.69, 9.17) is 4.74 Å². The molecule has 0 atom stereocenters. The maximum atomic E-state index is 12.6. The summed E-state index contributed by atoms with van der Waals surface area (Å²) in [6.45, 7) is 6.01. The van der Waals surface area contributed by atoms with Gasteiger partial charge < -0.3 is 15.0 Å². The summed E-state index contributed by atoms with van der Waals surface area (Å²) in [5.41, 5.74) is 2.29. The fraction of sp³-hybridized carbons (Fsp3) is 0.368. The molecule has 0 radical (unpaired) electrons. The van der Waals surface area contributed by atoms with Gasteiger partial charge in [-0.2, -0.15) is 0 Å². The Labute approximate surface area is 141 Å². The number of carbonyl (C=O) groups excluding carboxylic acids is 1. The second-order valence-electron chi connectivity index (χ2n) is 6.72. The van der Waals surface area contributed by atoms with Crippen molar-refractivity contribution in [2.24, 2.45) is 0 Å². The van der Waals surface area contributed by atoms with Crippen molar-refractivity contribution in [3.63, 3.8) is 0 Å². The quantitative estimate of drug-likeness (QED) is 0.909. The molecule has 5 nitrogen and oxygen atoms in total. The van der Waals surface area contributed by atoms with E-state index in [-0.39, 0.29) is 17.1 Å². The number of nitrogens with one attached hydrogen (secondary N) is 2. The lowest BCUT2D eigenvalue weighted by Gasteiger charge is -2.33. The molecule has 2 aromatic rings. The zero-order valence-electron chi connectivity index (χ0n) is 14.2. The highest BCUT2D eigenvalue weighted by molar-refractivity contribution is 6.05. The molecule has 24 heavy (non-hydrogen) atoms. The number of benzene rings is 1. The predicted molar refractivity (Wildman–Crippen MR) is 93.9 cm³/mol. The molecule has 0 saturated carbocycles. The van der Waals surface area contributed by atoms with Crippen molar-refractivity contribution in [2.75, 3.05) is 5.32 Å². The van der Waals surface area contributed by atoms with Gasteiger partial charge in [-0.25, -0.2) is 0 Å². The maximum absolute atomic E-state index is 12.6. The topological polar surface area (TPSA) is 71.2 Å². The number of fused-ring (bicyclic) bond motifs is 1. The van der Waals surface area contributed by atoms with Gasteiger partial charge in [0.15, 0.2) is 0 Å². The van der Waals surface area contributed by atoms with Crippen LogP contribution in [-0.4, -0.2) is 16.5 Å². The number of anilines is 1. The second-order valence-corrected chi connectivity index (χ2v) is 6.72. The van der Waals surface area contributed by atoms with Crippen molar-refractivity contribution in [1.82, 2.24) is 4.98 Å². The van der Waals surface area contributed by atoms with Crippen LogP contribution < -0.4 is 15.6 Å². The minimum absolute atomic E-state index is 0.257. The number of amides is 1. The van der Waals surface area contributed by atoms with Crippen LogP contribution in [0.1, 0.15) is 48.8 Å². The first-order valence-corrected chi connectivity index (χ1v) is 8.23. The highest BCUT2D eigenvalue weighted by Gasteiger charge is 2.28. The highest BCUT2D eigenvalue weighted by atomic mass is 16.5. The van der Waals surface area contributed by atoms with Crippen LogP contribution in [0.2, 0.25) is 0 Å². The molecule has 126 valence electrons. The number of ether oxygens (including phenoxy) is 1. The van der Waals surface area contributed by atoms with Gasteiger partial charge in [-0.05, 0) is 50.8 Å². The third-order valence-electron chi connectivity index (χ3n) is 4.26. The number of hydrogen-bond acceptors (Lipinski definition) is 3. The summed E-state index contributed by atoms with van der Waals surface area (Å²) in [5, 5.41) is 2.89. The number of aromatic nitrogens is 1. The molecule has 2 heterocycles. The first-order chi connectivity index (χ1) is 11.4. The Balaban J connectivity index is 1.91. The molecule has 1 aromatic carbocycles. The molecular formula is C19H22N2O3. The molecule has 0 aliphatic carbocycles. The summed E-state index contributed by atoms with van der Waals surface area (Å²) in [4.78, 5) is 27.0. The number of pyridine rings is 1. The number of rotatable bonds is 3. The number of carbonyl (C=O) groups is 1. The van der Waals surface area contributed by atoms with Gasteiger partial charge in [-0.1, -0.05) is 19.1 Å². The van der Waals surface area contributed by atoms with E-state index < -0.39 is 0 Å². The SMILES string of the molecule is CCc1cc(C(=O)Nc2cccc3c2OC(C)(C)CC3)cc(=O)[nH]1. The first kappa shape index (κ1) is 16.3. The van der Waals surface area contributed by atoms with Crippen LogP contribution in [0.25, 0.3) is 0 Å². The van der Waals surface area contributed by atoms with Crippen molar-refractivity contribution in [2.45, 2.75) is 45.6 Å². The Bertz CT molecular complexity index is 837. The molecule has 0 unspecified atom stereocenters. The van der Waals surface area contributed by atoms with E-state index >= 15 is 0 Å². The molecule has 1 amide bonds. The molecular weight excluding hydrogens is 304 g/mol. The zero-order valence-corrected chi connectivity index (χ0v) is 14.2. The van der Waals surface area contributed by atoms with E-state index in [1.807, 2.05) is 39.0 Å². The van der Waals surface area contributed by atoms with Gasteiger partial charge in [0.2, 0.25) is 5.56 Å². The van der Waals surface area contributed by atoms with Gasteiger partial charge >= 0.3 is 0 Å². The molecule has 5 heteroatoms. The van der Waals surface area contributed by atoms with Gasteiger partial charge in [0, 0.05) is 17.3 Å². The normalized spacial score (nSPS) is 15.3. The number of H-pyrrole nitrogens is 1. The van der Waals surface area contributed by atoms with E-state index in [0.717, 1.165) is 29.8 Å².